The molecule has 0 amide bonds. The first-order chi connectivity index (χ1) is 10.1. The van der Waals surface area contributed by atoms with Crippen molar-refractivity contribution in [3.63, 3.8) is 0 Å². The van der Waals surface area contributed by atoms with Crippen LogP contribution in [-0.2, 0) is 19.5 Å². The lowest BCUT2D eigenvalue weighted by atomic mass is 10.2. The number of hydrogen-bond acceptors (Lipinski definition) is 3. The molecule has 1 N–H and O–H groups in total. The lowest BCUT2D eigenvalue weighted by Crippen LogP contribution is -2.08. The van der Waals surface area contributed by atoms with Gasteiger partial charge in [-0.1, -0.05) is 18.5 Å². The van der Waals surface area contributed by atoms with Gasteiger partial charge in [-0.3, -0.25) is 4.68 Å². The molecule has 0 saturated carbocycles. The SMILES string of the molecule is CCc1nn(CC)c(CNc2cc(C#N)ccc2Cl)c1Br. The second kappa shape index (κ2) is 6.97. The minimum Gasteiger partial charge on any atom is -0.378 e. The highest BCUT2D eigenvalue weighted by atomic mass is 79.9. The van der Waals surface area contributed by atoms with Crippen molar-refractivity contribution < 1.29 is 0 Å². The van der Waals surface area contributed by atoms with E-state index in [2.05, 4.69) is 46.3 Å². The third-order valence-corrected chi connectivity index (χ3v) is 4.48. The van der Waals surface area contributed by atoms with Gasteiger partial charge in [0.15, 0.2) is 0 Å². The van der Waals surface area contributed by atoms with Crippen LogP contribution in [0.3, 0.4) is 0 Å². The highest BCUT2D eigenvalue weighted by Gasteiger charge is 2.14. The van der Waals surface area contributed by atoms with E-state index < -0.39 is 0 Å². The lowest BCUT2D eigenvalue weighted by molar-refractivity contribution is 0.619. The van der Waals surface area contributed by atoms with Crippen molar-refractivity contribution >= 4 is 33.2 Å². The normalized spacial score (nSPS) is 10.4. The molecule has 2 aromatic rings. The Hall–Kier alpha value is -1.51. The number of nitriles is 1. The monoisotopic (exact) mass is 366 g/mol. The maximum absolute atomic E-state index is 8.96. The van der Waals surface area contributed by atoms with Crippen LogP contribution >= 0.6 is 27.5 Å². The van der Waals surface area contributed by atoms with Crippen molar-refractivity contribution in [2.24, 2.45) is 0 Å². The summed E-state index contributed by atoms with van der Waals surface area (Å²) in [5.74, 6) is 0. The molecule has 0 bridgehead atoms. The maximum Gasteiger partial charge on any atom is 0.0992 e. The van der Waals surface area contributed by atoms with Crippen LogP contribution in [0, 0.1) is 11.3 Å². The summed E-state index contributed by atoms with van der Waals surface area (Å²) in [6.07, 6.45) is 0.880. The first-order valence-corrected chi connectivity index (χ1v) is 7.95. The number of hydrogen-bond donors (Lipinski definition) is 1. The molecule has 2 rings (SSSR count). The highest BCUT2D eigenvalue weighted by molar-refractivity contribution is 9.10. The Balaban J connectivity index is 2.24. The van der Waals surface area contributed by atoms with Gasteiger partial charge in [0.05, 0.1) is 44.7 Å². The molecule has 6 heteroatoms. The van der Waals surface area contributed by atoms with Crippen LogP contribution in [-0.4, -0.2) is 9.78 Å². The number of rotatable bonds is 5. The van der Waals surface area contributed by atoms with Crippen LogP contribution in [0.1, 0.15) is 30.8 Å². The van der Waals surface area contributed by atoms with Crippen LogP contribution in [0.2, 0.25) is 5.02 Å². The Bertz CT molecular complexity index is 688. The van der Waals surface area contributed by atoms with Gasteiger partial charge in [-0.15, -0.1) is 0 Å². The molecule has 0 fully saturated rings. The van der Waals surface area contributed by atoms with Gasteiger partial charge < -0.3 is 5.32 Å². The van der Waals surface area contributed by atoms with E-state index in [1.54, 1.807) is 18.2 Å². The molecule has 1 heterocycles. The van der Waals surface area contributed by atoms with Crippen LogP contribution < -0.4 is 5.32 Å². The molecule has 0 atom stereocenters. The van der Waals surface area contributed by atoms with E-state index in [0.717, 1.165) is 34.5 Å². The number of aromatic nitrogens is 2. The van der Waals surface area contributed by atoms with Crippen molar-refractivity contribution in [2.45, 2.75) is 33.4 Å². The van der Waals surface area contributed by atoms with Gasteiger partial charge >= 0.3 is 0 Å². The third kappa shape index (κ3) is 3.39. The molecule has 0 aliphatic carbocycles. The molecule has 0 aliphatic heterocycles. The predicted octanol–water partition coefficient (Wildman–Crippen LogP) is 4.37. The van der Waals surface area contributed by atoms with E-state index in [1.807, 2.05) is 4.68 Å². The van der Waals surface area contributed by atoms with Crippen molar-refractivity contribution in [3.05, 3.63) is 44.6 Å². The fraction of sp³-hybridized carbons (Fsp3) is 0.333. The first kappa shape index (κ1) is 15.9. The van der Waals surface area contributed by atoms with E-state index in [-0.39, 0.29) is 0 Å². The first-order valence-electron chi connectivity index (χ1n) is 6.78. The fourth-order valence-corrected chi connectivity index (χ4v) is 2.98. The zero-order chi connectivity index (χ0) is 15.4. The fourth-order valence-electron chi connectivity index (χ4n) is 2.10. The van der Waals surface area contributed by atoms with Crippen molar-refractivity contribution in [3.8, 4) is 6.07 Å². The zero-order valence-corrected chi connectivity index (χ0v) is 14.3. The summed E-state index contributed by atoms with van der Waals surface area (Å²) >= 11 is 9.77. The second-order valence-electron chi connectivity index (χ2n) is 4.54. The number of nitrogens with zero attached hydrogens (tertiary/aromatic N) is 3. The summed E-state index contributed by atoms with van der Waals surface area (Å²) in [5.41, 5.74) is 3.46. The largest absolute Gasteiger partial charge is 0.378 e. The van der Waals surface area contributed by atoms with Crippen LogP contribution in [0.5, 0.6) is 0 Å². The quantitative estimate of drug-likeness (QED) is 0.854. The zero-order valence-electron chi connectivity index (χ0n) is 12.0. The standard InChI is InChI=1S/C15H16BrClN4/c1-3-12-15(16)14(21(4-2)20-12)9-19-13-7-10(8-18)5-6-11(13)17/h5-7,19H,3-4,9H2,1-2H3. The van der Waals surface area contributed by atoms with Crippen LogP contribution in [0.25, 0.3) is 0 Å². The summed E-state index contributed by atoms with van der Waals surface area (Å²) in [4.78, 5) is 0. The number of aryl methyl sites for hydroxylation is 2. The molecule has 1 aromatic carbocycles. The Morgan fingerprint density at radius 2 is 2.19 bits per heavy atom. The summed E-state index contributed by atoms with van der Waals surface area (Å²) in [6.45, 7) is 5.54. The van der Waals surface area contributed by atoms with Gasteiger partial charge in [-0.25, -0.2) is 0 Å². The summed E-state index contributed by atoms with van der Waals surface area (Å²) < 4.78 is 3.00. The third-order valence-electron chi connectivity index (χ3n) is 3.24. The number of anilines is 1. The number of halogens is 2. The Labute approximate surface area is 137 Å². The van der Waals surface area contributed by atoms with E-state index in [0.29, 0.717) is 17.1 Å². The van der Waals surface area contributed by atoms with Crippen LogP contribution in [0.15, 0.2) is 22.7 Å². The number of benzene rings is 1. The van der Waals surface area contributed by atoms with E-state index >= 15 is 0 Å². The average molecular weight is 368 g/mol. The summed E-state index contributed by atoms with van der Waals surface area (Å²) in [5, 5.41) is 17.4. The smallest absolute Gasteiger partial charge is 0.0992 e. The molecule has 4 nitrogen and oxygen atoms in total. The van der Waals surface area contributed by atoms with Gasteiger partial charge in [0, 0.05) is 6.54 Å². The topological polar surface area (TPSA) is 53.6 Å². The Morgan fingerprint density at radius 3 is 2.81 bits per heavy atom. The van der Waals surface area contributed by atoms with Crippen molar-refractivity contribution in [2.75, 3.05) is 5.32 Å². The van der Waals surface area contributed by atoms with Gasteiger partial charge in [0.1, 0.15) is 0 Å². The van der Waals surface area contributed by atoms with Crippen molar-refractivity contribution in [1.82, 2.24) is 9.78 Å². The van der Waals surface area contributed by atoms with Crippen LogP contribution in [0.4, 0.5) is 5.69 Å². The Kier molecular flexibility index (Phi) is 5.27. The van der Waals surface area contributed by atoms with Gasteiger partial charge in [0.25, 0.3) is 0 Å². The minimum atomic E-state index is 0.583. The van der Waals surface area contributed by atoms with Gasteiger partial charge in [-0.05, 0) is 47.5 Å². The summed E-state index contributed by atoms with van der Waals surface area (Å²) in [6, 6.07) is 7.30. The highest BCUT2D eigenvalue weighted by Crippen LogP contribution is 2.26. The summed E-state index contributed by atoms with van der Waals surface area (Å²) in [7, 11) is 0. The predicted molar refractivity (Wildman–Crippen MR) is 88.5 cm³/mol. The lowest BCUT2D eigenvalue weighted by Gasteiger charge is -2.10. The average Bonchev–Trinajstić information content (AvgIpc) is 2.82. The van der Waals surface area contributed by atoms with E-state index in [1.165, 1.54) is 0 Å². The van der Waals surface area contributed by atoms with E-state index in [4.69, 9.17) is 16.9 Å². The molecule has 0 saturated heterocycles. The maximum atomic E-state index is 8.96. The number of nitrogens with one attached hydrogen (secondary N) is 1. The second-order valence-corrected chi connectivity index (χ2v) is 5.74. The molecular formula is C15H16BrClN4. The molecule has 0 radical (unpaired) electrons. The molecule has 0 unspecified atom stereocenters. The van der Waals surface area contributed by atoms with Gasteiger partial charge in [-0.2, -0.15) is 10.4 Å². The Morgan fingerprint density at radius 1 is 1.43 bits per heavy atom. The molecular weight excluding hydrogens is 352 g/mol. The van der Waals surface area contributed by atoms with Crippen molar-refractivity contribution in [1.29, 1.82) is 5.26 Å². The molecule has 110 valence electrons. The molecule has 0 aliphatic rings. The molecule has 0 spiro atoms. The van der Waals surface area contributed by atoms with E-state index in [9.17, 15) is 0 Å². The molecule has 1 aromatic heterocycles. The van der Waals surface area contributed by atoms with Gasteiger partial charge in [0.2, 0.25) is 0 Å². The molecule has 21 heavy (non-hydrogen) atoms. The minimum absolute atomic E-state index is 0.583.